The van der Waals surface area contributed by atoms with Crippen LogP contribution in [0.2, 0.25) is 0 Å². The lowest BCUT2D eigenvalue weighted by Crippen LogP contribution is -2.52. The predicted octanol–water partition coefficient (Wildman–Crippen LogP) is 3.54. The molecule has 0 radical (unpaired) electrons. The van der Waals surface area contributed by atoms with Crippen molar-refractivity contribution in [1.82, 2.24) is 24.3 Å². The quantitative estimate of drug-likeness (QED) is 0.482. The molecular formula is C26H26N6O3. The van der Waals surface area contributed by atoms with Crippen LogP contribution in [0.25, 0.3) is 10.9 Å². The normalized spacial score (nSPS) is 13.6. The fraction of sp³-hybridized carbons (Fsp3) is 0.231. The summed E-state index contributed by atoms with van der Waals surface area (Å²) in [4.78, 5) is 37.3. The van der Waals surface area contributed by atoms with Crippen molar-refractivity contribution in [2.45, 2.75) is 6.61 Å². The van der Waals surface area contributed by atoms with Crippen LogP contribution >= 0.6 is 0 Å². The number of benzene rings is 2. The number of nitrogens with one attached hydrogen (secondary N) is 1. The molecular weight excluding hydrogens is 444 g/mol. The third-order valence-electron chi connectivity index (χ3n) is 6.13. The van der Waals surface area contributed by atoms with E-state index >= 15 is 0 Å². The lowest BCUT2D eigenvalue weighted by Gasteiger charge is -2.34. The maximum atomic E-state index is 13.3. The van der Waals surface area contributed by atoms with Crippen LogP contribution in [0.15, 0.2) is 73.2 Å². The zero-order valence-electron chi connectivity index (χ0n) is 19.4. The van der Waals surface area contributed by atoms with Crippen LogP contribution in [0.5, 0.6) is 5.75 Å². The molecule has 1 aliphatic rings. The number of anilines is 1. The number of carbonyl (C=O) groups is 2. The summed E-state index contributed by atoms with van der Waals surface area (Å²) in [6, 6.07) is 17.5. The van der Waals surface area contributed by atoms with Crippen molar-refractivity contribution < 1.29 is 14.3 Å². The first-order chi connectivity index (χ1) is 17.1. The summed E-state index contributed by atoms with van der Waals surface area (Å²) in [7, 11) is 1.89. The summed E-state index contributed by atoms with van der Waals surface area (Å²) >= 11 is 0. The Labute approximate surface area is 203 Å². The average Bonchev–Trinajstić information content (AvgIpc) is 3.24. The molecule has 9 nitrogen and oxygen atoms in total. The number of hydrogen-bond donors (Lipinski definition) is 1. The van der Waals surface area contributed by atoms with Crippen LogP contribution in [0.1, 0.15) is 16.1 Å². The molecule has 178 valence electrons. The molecule has 0 spiro atoms. The Morgan fingerprint density at radius 1 is 0.971 bits per heavy atom. The van der Waals surface area contributed by atoms with Crippen LogP contribution in [-0.4, -0.2) is 62.5 Å². The van der Waals surface area contributed by atoms with E-state index in [9.17, 15) is 9.59 Å². The van der Waals surface area contributed by atoms with Crippen molar-refractivity contribution in [3.8, 4) is 5.75 Å². The van der Waals surface area contributed by atoms with Crippen molar-refractivity contribution in [3.05, 3.63) is 84.4 Å². The summed E-state index contributed by atoms with van der Waals surface area (Å²) in [6.45, 7) is 2.29. The van der Waals surface area contributed by atoms with Crippen molar-refractivity contribution in [3.63, 3.8) is 0 Å². The number of aromatic nitrogens is 3. The molecule has 2 aromatic heterocycles. The molecule has 0 atom stereocenters. The molecule has 4 aromatic rings. The minimum atomic E-state index is -0.245. The van der Waals surface area contributed by atoms with E-state index in [0.29, 0.717) is 44.3 Å². The van der Waals surface area contributed by atoms with Crippen molar-refractivity contribution in [2.24, 2.45) is 7.05 Å². The zero-order valence-corrected chi connectivity index (χ0v) is 19.4. The van der Waals surface area contributed by atoms with Gasteiger partial charge in [0.05, 0.1) is 6.20 Å². The number of nitrogens with zero attached hydrogens (tertiary/aromatic N) is 5. The van der Waals surface area contributed by atoms with Crippen molar-refractivity contribution >= 4 is 28.7 Å². The van der Waals surface area contributed by atoms with Crippen molar-refractivity contribution in [1.29, 1.82) is 0 Å². The van der Waals surface area contributed by atoms with Gasteiger partial charge < -0.3 is 19.1 Å². The van der Waals surface area contributed by atoms with E-state index in [1.165, 1.54) is 12.4 Å². The van der Waals surface area contributed by atoms with E-state index in [2.05, 4.69) is 15.3 Å². The SMILES string of the molecule is Cn1c(C(=O)N2CCN(C(=O)Nc3cnccn3)CC2)cc2cc(OCc3ccccc3)ccc21. The molecule has 0 saturated carbocycles. The Hall–Kier alpha value is -4.40. The van der Waals surface area contributed by atoms with Crippen molar-refractivity contribution in [2.75, 3.05) is 31.5 Å². The van der Waals surface area contributed by atoms with E-state index in [1.54, 1.807) is 16.0 Å². The van der Waals surface area contributed by atoms with E-state index in [0.717, 1.165) is 22.2 Å². The number of carbonyl (C=O) groups excluding carboxylic acids is 2. The highest BCUT2D eigenvalue weighted by Gasteiger charge is 2.27. The van der Waals surface area contributed by atoms with Gasteiger partial charge in [-0.2, -0.15) is 0 Å². The van der Waals surface area contributed by atoms with E-state index in [4.69, 9.17) is 4.74 Å². The summed E-state index contributed by atoms with van der Waals surface area (Å²) in [5, 5.41) is 3.68. The second-order valence-electron chi connectivity index (χ2n) is 8.38. The van der Waals surface area contributed by atoms with E-state index < -0.39 is 0 Å². The number of fused-ring (bicyclic) bond motifs is 1. The molecule has 3 heterocycles. The third kappa shape index (κ3) is 4.93. The zero-order chi connectivity index (χ0) is 24.2. The summed E-state index contributed by atoms with van der Waals surface area (Å²) in [5.74, 6) is 1.11. The third-order valence-corrected chi connectivity index (χ3v) is 6.13. The van der Waals surface area contributed by atoms with Crippen LogP contribution in [0.4, 0.5) is 10.6 Å². The van der Waals surface area contributed by atoms with Crippen LogP contribution in [0.3, 0.4) is 0 Å². The Morgan fingerprint density at radius 3 is 2.49 bits per heavy atom. The van der Waals surface area contributed by atoms with Crippen LogP contribution < -0.4 is 10.1 Å². The van der Waals surface area contributed by atoms with Crippen LogP contribution in [0, 0.1) is 0 Å². The van der Waals surface area contributed by atoms with E-state index in [1.807, 2.05) is 66.2 Å². The fourth-order valence-corrected chi connectivity index (χ4v) is 4.19. The number of ether oxygens (including phenoxy) is 1. The monoisotopic (exact) mass is 470 g/mol. The number of urea groups is 1. The van der Waals surface area contributed by atoms with Gasteiger partial charge in [-0.25, -0.2) is 9.78 Å². The highest BCUT2D eigenvalue weighted by Crippen LogP contribution is 2.25. The molecule has 35 heavy (non-hydrogen) atoms. The second kappa shape index (κ2) is 9.84. The standard InChI is InChI=1S/C26H26N6O3/c1-30-22-8-7-21(35-18-19-5-3-2-4-6-19)15-20(22)16-23(30)25(33)31-11-13-32(14-12-31)26(34)29-24-17-27-9-10-28-24/h2-10,15-17H,11-14,18H2,1H3,(H,28,29,34). The lowest BCUT2D eigenvalue weighted by molar-refractivity contribution is 0.0662. The van der Waals surface area contributed by atoms with Gasteiger partial charge in [0.15, 0.2) is 5.82 Å². The topological polar surface area (TPSA) is 92.6 Å². The summed E-state index contributed by atoms with van der Waals surface area (Å²) < 4.78 is 7.86. The maximum Gasteiger partial charge on any atom is 0.323 e. The fourth-order valence-electron chi connectivity index (χ4n) is 4.19. The Kier molecular flexibility index (Phi) is 6.30. The van der Waals surface area contributed by atoms with Gasteiger partial charge in [0, 0.05) is 56.5 Å². The number of hydrogen-bond acceptors (Lipinski definition) is 5. The maximum absolute atomic E-state index is 13.3. The minimum absolute atomic E-state index is 0.0514. The highest BCUT2D eigenvalue weighted by molar-refractivity contribution is 5.99. The van der Waals surface area contributed by atoms with Gasteiger partial charge in [-0.3, -0.25) is 15.1 Å². The summed E-state index contributed by atoms with van der Waals surface area (Å²) in [5.41, 5.74) is 2.67. The van der Waals surface area contributed by atoms with Gasteiger partial charge in [0.1, 0.15) is 18.1 Å². The van der Waals surface area contributed by atoms with Gasteiger partial charge in [-0.1, -0.05) is 30.3 Å². The Morgan fingerprint density at radius 2 is 1.74 bits per heavy atom. The van der Waals surface area contributed by atoms with Gasteiger partial charge in [-0.15, -0.1) is 0 Å². The smallest absolute Gasteiger partial charge is 0.323 e. The molecule has 1 fully saturated rings. The molecule has 9 heteroatoms. The number of piperazine rings is 1. The molecule has 3 amide bonds. The molecule has 0 aliphatic carbocycles. The summed E-state index contributed by atoms with van der Waals surface area (Å²) in [6.07, 6.45) is 4.57. The molecule has 0 unspecified atom stereocenters. The molecule has 2 aromatic carbocycles. The van der Waals surface area contributed by atoms with E-state index in [-0.39, 0.29) is 11.9 Å². The number of rotatable bonds is 5. The van der Waals surface area contributed by atoms with Gasteiger partial charge >= 0.3 is 6.03 Å². The Bertz CT molecular complexity index is 1330. The first-order valence-electron chi connectivity index (χ1n) is 11.5. The second-order valence-corrected chi connectivity index (χ2v) is 8.38. The molecule has 5 rings (SSSR count). The Balaban J connectivity index is 1.22. The van der Waals surface area contributed by atoms with Crippen LogP contribution in [-0.2, 0) is 13.7 Å². The molecule has 1 saturated heterocycles. The first-order valence-corrected chi connectivity index (χ1v) is 11.5. The highest BCUT2D eigenvalue weighted by atomic mass is 16.5. The van der Waals surface area contributed by atoms with Gasteiger partial charge in [-0.05, 0) is 29.8 Å². The first kappa shape index (κ1) is 22.4. The lowest BCUT2D eigenvalue weighted by atomic mass is 10.2. The molecule has 1 aliphatic heterocycles. The largest absolute Gasteiger partial charge is 0.489 e. The molecule has 0 bridgehead atoms. The van der Waals surface area contributed by atoms with Gasteiger partial charge in [0.25, 0.3) is 5.91 Å². The number of amides is 3. The minimum Gasteiger partial charge on any atom is -0.489 e. The average molecular weight is 471 g/mol. The predicted molar refractivity (Wildman–Crippen MR) is 132 cm³/mol. The molecule has 1 N–H and O–H groups in total. The van der Waals surface area contributed by atoms with Gasteiger partial charge in [0.2, 0.25) is 0 Å². The number of aryl methyl sites for hydroxylation is 1.